The molecule has 0 aromatic heterocycles. The second-order valence-electron chi connectivity index (χ2n) is 6.77. The molecule has 3 nitrogen and oxygen atoms in total. The first kappa shape index (κ1) is 16.2. The van der Waals surface area contributed by atoms with Gasteiger partial charge in [0.05, 0.1) is 12.7 Å². The molecule has 21 heavy (non-hydrogen) atoms. The number of carbonyl (C=O) groups excluding carboxylic acids is 1. The molecule has 1 aromatic rings. The van der Waals surface area contributed by atoms with Crippen LogP contribution in [0, 0.1) is 5.41 Å². The third-order valence-corrected chi connectivity index (χ3v) is 4.26. The number of hydrogen-bond acceptors (Lipinski definition) is 3. The van der Waals surface area contributed by atoms with E-state index in [0.29, 0.717) is 13.0 Å². The molecule has 1 fully saturated rings. The minimum atomic E-state index is -0.597. The van der Waals surface area contributed by atoms with Gasteiger partial charge in [0, 0.05) is 11.8 Å². The monoisotopic (exact) mass is 290 g/mol. The van der Waals surface area contributed by atoms with Crippen molar-refractivity contribution >= 4 is 5.78 Å². The number of ketones is 1. The van der Waals surface area contributed by atoms with Gasteiger partial charge in [0.15, 0.2) is 5.79 Å². The van der Waals surface area contributed by atoms with Gasteiger partial charge in [-0.2, -0.15) is 0 Å². The van der Waals surface area contributed by atoms with E-state index in [9.17, 15) is 4.79 Å². The molecule has 1 atom stereocenters. The van der Waals surface area contributed by atoms with Crippen LogP contribution >= 0.6 is 0 Å². The summed E-state index contributed by atoms with van der Waals surface area (Å²) in [6.45, 7) is 8.44. The van der Waals surface area contributed by atoms with Crippen molar-refractivity contribution < 1.29 is 14.3 Å². The number of hydrogen-bond donors (Lipinski definition) is 0. The van der Waals surface area contributed by atoms with Crippen molar-refractivity contribution in [1.29, 1.82) is 0 Å². The van der Waals surface area contributed by atoms with Crippen molar-refractivity contribution in [3.05, 3.63) is 35.9 Å². The van der Waals surface area contributed by atoms with Crippen LogP contribution in [-0.2, 0) is 20.7 Å². The fraction of sp³-hybridized carbons (Fsp3) is 0.611. The molecule has 1 heterocycles. The van der Waals surface area contributed by atoms with E-state index >= 15 is 0 Å². The number of rotatable bonds is 5. The fourth-order valence-corrected chi connectivity index (χ4v) is 2.76. The molecule has 1 aromatic carbocycles. The maximum absolute atomic E-state index is 12.6. The average molecular weight is 290 g/mol. The molecule has 0 aliphatic carbocycles. The first-order chi connectivity index (χ1) is 9.81. The van der Waals surface area contributed by atoms with Crippen molar-refractivity contribution in [2.24, 2.45) is 5.41 Å². The molecule has 0 saturated carbocycles. The van der Waals surface area contributed by atoms with Crippen LogP contribution in [0.5, 0.6) is 0 Å². The van der Waals surface area contributed by atoms with E-state index in [1.807, 2.05) is 45.9 Å². The van der Waals surface area contributed by atoms with Crippen LogP contribution in [0.2, 0.25) is 0 Å². The summed E-state index contributed by atoms with van der Waals surface area (Å²) in [5.41, 5.74) is 0.727. The Labute approximate surface area is 127 Å². The van der Waals surface area contributed by atoms with Crippen LogP contribution in [0.15, 0.2) is 30.3 Å². The Hall–Kier alpha value is -1.19. The van der Waals surface area contributed by atoms with Gasteiger partial charge in [-0.25, -0.2) is 0 Å². The molecule has 0 N–H and O–H groups in total. The number of Topliss-reactive ketones (excluding diaryl/α,β-unsaturated/α-hetero) is 1. The van der Waals surface area contributed by atoms with E-state index in [1.54, 1.807) is 0 Å². The molecule has 1 unspecified atom stereocenters. The Balaban J connectivity index is 1.96. The number of ether oxygens (including phenoxy) is 2. The highest BCUT2D eigenvalue weighted by Crippen LogP contribution is 2.35. The Morgan fingerprint density at radius 3 is 2.57 bits per heavy atom. The Bertz CT molecular complexity index is 476. The lowest BCUT2D eigenvalue weighted by Gasteiger charge is -2.42. The normalized spacial score (nSPS) is 22.0. The maximum atomic E-state index is 12.6. The molecule has 0 amide bonds. The van der Waals surface area contributed by atoms with E-state index in [4.69, 9.17) is 9.47 Å². The van der Waals surface area contributed by atoms with Crippen molar-refractivity contribution in [3.63, 3.8) is 0 Å². The van der Waals surface area contributed by atoms with Crippen LogP contribution in [-0.4, -0.2) is 24.3 Å². The van der Waals surface area contributed by atoms with Gasteiger partial charge in [0.1, 0.15) is 5.78 Å². The molecule has 0 radical (unpaired) electrons. The molecular formula is C18H26O3. The average Bonchev–Trinajstić information content (AvgIpc) is 2.44. The number of carbonyl (C=O) groups is 1. The van der Waals surface area contributed by atoms with Gasteiger partial charge in [-0.05, 0) is 32.3 Å². The molecule has 116 valence electrons. The van der Waals surface area contributed by atoms with Crippen LogP contribution in [0.4, 0.5) is 0 Å². The topological polar surface area (TPSA) is 35.5 Å². The summed E-state index contributed by atoms with van der Waals surface area (Å²) in [5.74, 6) is -0.339. The summed E-state index contributed by atoms with van der Waals surface area (Å²) < 4.78 is 11.5. The van der Waals surface area contributed by atoms with Crippen molar-refractivity contribution in [2.75, 3.05) is 6.61 Å². The summed E-state index contributed by atoms with van der Waals surface area (Å²) >= 11 is 0. The molecule has 3 heteroatoms. The van der Waals surface area contributed by atoms with E-state index in [1.165, 1.54) is 5.56 Å². The van der Waals surface area contributed by atoms with Gasteiger partial charge in [0.2, 0.25) is 0 Å². The predicted octanol–water partition coefficient (Wildman–Crippen LogP) is 3.76. The SMILES string of the molecule is CC1(C)OCCC(C(C)(C)C(=O)CCc2ccccc2)O1. The van der Waals surface area contributed by atoms with E-state index < -0.39 is 11.2 Å². The molecule has 0 bridgehead atoms. The molecule has 0 spiro atoms. The highest BCUT2D eigenvalue weighted by Gasteiger charge is 2.42. The van der Waals surface area contributed by atoms with E-state index in [0.717, 1.165) is 12.8 Å². The fourth-order valence-electron chi connectivity index (χ4n) is 2.76. The van der Waals surface area contributed by atoms with Crippen molar-refractivity contribution in [3.8, 4) is 0 Å². The summed E-state index contributed by atoms with van der Waals surface area (Å²) in [6, 6.07) is 10.1. The first-order valence-corrected chi connectivity index (χ1v) is 7.70. The van der Waals surface area contributed by atoms with Crippen LogP contribution in [0.3, 0.4) is 0 Å². The second-order valence-corrected chi connectivity index (χ2v) is 6.77. The van der Waals surface area contributed by atoms with Gasteiger partial charge < -0.3 is 9.47 Å². The molecule has 2 rings (SSSR count). The minimum absolute atomic E-state index is 0.0791. The van der Waals surface area contributed by atoms with Gasteiger partial charge >= 0.3 is 0 Å². The quantitative estimate of drug-likeness (QED) is 0.828. The third-order valence-electron chi connectivity index (χ3n) is 4.26. The standard InChI is InChI=1S/C18H26O3/c1-17(2,16-12-13-20-18(3,4)21-16)15(19)11-10-14-8-6-5-7-9-14/h5-9,16H,10-13H2,1-4H3. The molecule has 1 aliphatic heterocycles. The first-order valence-electron chi connectivity index (χ1n) is 7.70. The zero-order chi connectivity index (χ0) is 15.5. The number of benzene rings is 1. The van der Waals surface area contributed by atoms with Gasteiger partial charge in [-0.1, -0.05) is 44.2 Å². The van der Waals surface area contributed by atoms with Crippen LogP contribution < -0.4 is 0 Å². The Morgan fingerprint density at radius 1 is 1.29 bits per heavy atom. The van der Waals surface area contributed by atoms with Gasteiger partial charge in [-0.3, -0.25) is 4.79 Å². The van der Waals surface area contributed by atoms with Gasteiger partial charge in [-0.15, -0.1) is 0 Å². The van der Waals surface area contributed by atoms with Crippen molar-refractivity contribution in [2.45, 2.75) is 58.8 Å². The van der Waals surface area contributed by atoms with Crippen LogP contribution in [0.1, 0.15) is 46.1 Å². The summed E-state index contributed by atoms with van der Waals surface area (Å²) in [7, 11) is 0. The van der Waals surface area contributed by atoms with Crippen molar-refractivity contribution in [1.82, 2.24) is 0 Å². The molecular weight excluding hydrogens is 264 g/mol. The predicted molar refractivity (Wildman–Crippen MR) is 83.1 cm³/mol. The molecule has 1 saturated heterocycles. The van der Waals surface area contributed by atoms with Crippen LogP contribution in [0.25, 0.3) is 0 Å². The smallest absolute Gasteiger partial charge is 0.163 e. The Kier molecular flexibility index (Phi) is 4.84. The Morgan fingerprint density at radius 2 is 1.95 bits per heavy atom. The lowest BCUT2D eigenvalue weighted by molar-refractivity contribution is -0.288. The summed E-state index contributed by atoms with van der Waals surface area (Å²) in [4.78, 5) is 12.6. The molecule has 1 aliphatic rings. The zero-order valence-corrected chi connectivity index (χ0v) is 13.5. The lowest BCUT2D eigenvalue weighted by atomic mass is 9.78. The largest absolute Gasteiger partial charge is 0.350 e. The highest BCUT2D eigenvalue weighted by molar-refractivity contribution is 5.84. The third kappa shape index (κ3) is 4.14. The lowest BCUT2D eigenvalue weighted by Crippen LogP contribution is -2.49. The summed E-state index contributed by atoms with van der Waals surface area (Å²) in [5, 5.41) is 0. The van der Waals surface area contributed by atoms with E-state index in [2.05, 4.69) is 12.1 Å². The minimum Gasteiger partial charge on any atom is -0.350 e. The van der Waals surface area contributed by atoms with Gasteiger partial charge in [0.25, 0.3) is 0 Å². The zero-order valence-electron chi connectivity index (χ0n) is 13.5. The highest BCUT2D eigenvalue weighted by atomic mass is 16.7. The maximum Gasteiger partial charge on any atom is 0.163 e. The summed E-state index contributed by atoms with van der Waals surface area (Å²) in [6.07, 6.45) is 2.03. The number of aryl methyl sites for hydroxylation is 1. The second kappa shape index (κ2) is 6.29. The van der Waals surface area contributed by atoms with E-state index in [-0.39, 0.29) is 11.9 Å².